The van der Waals surface area contributed by atoms with Crippen LogP contribution in [-0.2, 0) is 6.42 Å². The van der Waals surface area contributed by atoms with Gasteiger partial charge >= 0.3 is 0 Å². The molecule has 2 atom stereocenters. The molecule has 1 aromatic carbocycles. The zero-order valence-electron chi connectivity index (χ0n) is 9.04. The minimum absolute atomic E-state index is 0.263. The monoisotopic (exact) mass is 276 g/mol. The van der Waals surface area contributed by atoms with Crippen molar-refractivity contribution >= 4 is 35.0 Å². The Hall–Kier alpha value is 0.110. The van der Waals surface area contributed by atoms with E-state index in [1.165, 1.54) is 0 Å². The minimum atomic E-state index is -0.623. The lowest BCUT2D eigenvalue weighted by Gasteiger charge is -2.27. The van der Waals surface area contributed by atoms with Crippen molar-refractivity contribution in [1.29, 1.82) is 0 Å². The maximum Gasteiger partial charge on any atom is 0.0811 e. The van der Waals surface area contributed by atoms with E-state index < -0.39 is 5.60 Å². The Labute approximate surface area is 110 Å². The summed E-state index contributed by atoms with van der Waals surface area (Å²) in [5.74, 6) is 1.02. The van der Waals surface area contributed by atoms with Crippen molar-refractivity contribution in [3.05, 3.63) is 33.8 Å². The van der Waals surface area contributed by atoms with Gasteiger partial charge in [-0.25, -0.2) is 0 Å². The summed E-state index contributed by atoms with van der Waals surface area (Å²) >= 11 is 13.8. The molecule has 2 rings (SSSR count). The number of halogens is 2. The highest BCUT2D eigenvalue weighted by Crippen LogP contribution is 2.39. The average Bonchev–Trinajstić information content (AvgIpc) is 2.52. The van der Waals surface area contributed by atoms with E-state index >= 15 is 0 Å². The van der Waals surface area contributed by atoms with Crippen LogP contribution in [-0.4, -0.2) is 21.7 Å². The molecule has 0 aromatic heterocycles. The van der Waals surface area contributed by atoms with E-state index in [4.69, 9.17) is 23.2 Å². The van der Waals surface area contributed by atoms with Gasteiger partial charge in [0.05, 0.1) is 5.60 Å². The summed E-state index contributed by atoms with van der Waals surface area (Å²) < 4.78 is 0. The fourth-order valence-corrected chi connectivity index (χ4v) is 3.81. The lowest BCUT2D eigenvalue weighted by Crippen LogP contribution is -2.37. The smallest absolute Gasteiger partial charge is 0.0811 e. The van der Waals surface area contributed by atoms with E-state index in [-0.39, 0.29) is 5.25 Å². The summed E-state index contributed by atoms with van der Waals surface area (Å²) in [6.45, 7) is 2.07. The molecule has 0 bridgehead atoms. The molecule has 4 heteroatoms. The fraction of sp³-hybridized carbons (Fsp3) is 0.500. The summed E-state index contributed by atoms with van der Waals surface area (Å²) in [5, 5.41) is 12.0. The lowest BCUT2D eigenvalue weighted by atomic mass is 9.89. The molecule has 16 heavy (non-hydrogen) atoms. The molecule has 1 aliphatic rings. The molecule has 2 unspecified atom stereocenters. The summed E-state index contributed by atoms with van der Waals surface area (Å²) in [4.78, 5) is 0. The third-order valence-corrected chi connectivity index (χ3v) is 5.14. The van der Waals surface area contributed by atoms with Crippen molar-refractivity contribution in [3.63, 3.8) is 0 Å². The van der Waals surface area contributed by atoms with Crippen LogP contribution in [0.1, 0.15) is 18.9 Å². The number of hydrogen-bond acceptors (Lipinski definition) is 2. The van der Waals surface area contributed by atoms with Gasteiger partial charge in [0.2, 0.25) is 0 Å². The van der Waals surface area contributed by atoms with E-state index in [2.05, 4.69) is 6.92 Å². The molecule has 1 N–H and O–H groups in total. The standard InChI is InChI=1S/C12H14Cl2OS/c1-8-12(15,4-5-16-8)7-9-2-3-10(13)6-11(9)14/h2-3,6,8,15H,4-5,7H2,1H3. The van der Waals surface area contributed by atoms with Gasteiger partial charge in [-0.2, -0.15) is 11.8 Å². The van der Waals surface area contributed by atoms with E-state index in [0.29, 0.717) is 16.5 Å². The minimum Gasteiger partial charge on any atom is -0.388 e. The van der Waals surface area contributed by atoms with Crippen molar-refractivity contribution in [2.24, 2.45) is 0 Å². The van der Waals surface area contributed by atoms with Crippen molar-refractivity contribution < 1.29 is 5.11 Å². The summed E-state index contributed by atoms with van der Waals surface area (Å²) in [7, 11) is 0. The van der Waals surface area contributed by atoms with Gasteiger partial charge in [0.15, 0.2) is 0 Å². The van der Waals surface area contributed by atoms with Crippen LogP contribution in [0, 0.1) is 0 Å². The van der Waals surface area contributed by atoms with Crippen LogP contribution in [0.3, 0.4) is 0 Å². The predicted octanol–water partition coefficient (Wildman–Crippen LogP) is 3.79. The molecule has 1 aromatic rings. The zero-order valence-corrected chi connectivity index (χ0v) is 11.4. The van der Waals surface area contributed by atoms with E-state index in [9.17, 15) is 5.11 Å². The zero-order chi connectivity index (χ0) is 11.8. The molecule has 1 saturated heterocycles. The van der Waals surface area contributed by atoms with E-state index in [1.807, 2.05) is 23.9 Å². The first-order valence-corrected chi connectivity index (χ1v) is 7.10. The number of aliphatic hydroxyl groups is 1. The highest BCUT2D eigenvalue weighted by Gasteiger charge is 2.39. The number of rotatable bonds is 2. The van der Waals surface area contributed by atoms with Crippen molar-refractivity contribution in [2.75, 3.05) is 5.75 Å². The van der Waals surface area contributed by atoms with Crippen LogP contribution in [0.25, 0.3) is 0 Å². The number of thioether (sulfide) groups is 1. The Kier molecular flexibility index (Phi) is 3.75. The van der Waals surface area contributed by atoms with Gasteiger partial charge in [-0.3, -0.25) is 0 Å². The maximum absolute atomic E-state index is 10.5. The Bertz CT molecular complexity index is 397. The van der Waals surface area contributed by atoms with E-state index in [1.54, 1.807) is 6.07 Å². The first-order chi connectivity index (χ1) is 7.51. The highest BCUT2D eigenvalue weighted by molar-refractivity contribution is 8.00. The Balaban J connectivity index is 2.20. The molecule has 0 spiro atoms. The lowest BCUT2D eigenvalue weighted by molar-refractivity contribution is 0.0465. The van der Waals surface area contributed by atoms with Crippen molar-refractivity contribution in [1.82, 2.24) is 0 Å². The molecule has 0 radical (unpaired) electrons. The molecule has 0 saturated carbocycles. The molecule has 0 aliphatic carbocycles. The average molecular weight is 277 g/mol. The second kappa shape index (κ2) is 4.77. The van der Waals surface area contributed by atoms with Crippen molar-refractivity contribution in [2.45, 2.75) is 30.6 Å². The third-order valence-electron chi connectivity index (χ3n) is 3.17. The van der Waals surface area contributed by atoms with E-state index in [0.717, 1.165) is 17.7 Å². The summed E-state index contributed by atoms with van der Waals surface area (Å²) in [6, 6.07) is 5.45. The molecule has 88 valence electrons. The van der Waals surface area contributed by atoms with Crippen LogP contribution < -0.4 is 0 Å². The SMILES string of the molecule is CC1SCCC1(O)Cc1ccc(Cl)cc1Cl. The van der Waals surface area contributed by atoms with Crippen LogP contribution in [0.4, 0.5) is 0 Å². The first kappa shape index (κ1) is 12.6. The Morgan fingerprint density at radius 3 is 2.81 bits per heavy atom. The van der Waals surface area contributed by atoms with Gasteiger partial charge in [-0.15, -0.1) is 0 Å². The van der Waals surface area contributed by atoms with Crippen LogP contribution in [0.2, 0.25) is 10.0 Å². The van der Waals surface area contributed by atoms with Crippen LogP contribution in [0.5, 0.6) is 0 Å². The first-order valence-electron chi connectivity index (χ1n) is 5.29. The van der Waals surface area contributed by atoms with Gasteiger partial charge in [0.1, 0.15) is 0 Å². The molecular formula is C12H14Cl2OS. The quantitative estimate of drug-likeness (QED) is 0.887. The van der Waals surface area contributed by atoms with Gasteiger partial charge in [-0.05, 0) is 29.9 Å². The number of hydrogen-bond donors (Lipinski definition) is 1. The molecule has 1 heterocycles. The molecule has 0 amide bonds. The topological polar surface area (TPSA) is 20.2 Å². The van der Waals surface area contributed by atoms with Crippen LogP contribution >= 0.6 is 35.0 Å². The van der Waals surface area contributed by atoms with Gasteiger partial charge < -0.3 is 5.11 Å². The van der Waals surface area contributed by atoms with Gasteiger partial charge in [0.25, 0.3) is 0 Å². The second-order valence-corrected chi connectivity index (χ2v) is 6.57. The fourth-order valence-electron chi connectivity index (χ4n) is 2.00. The summed E-state index contributed by atoms with van der Waals surface area (Å²) in [6.07, 6.45) is 1.44. The molecule has 1 nitrogen and oxygen atoms in total. The third kappa shape index (κ3) is 2.51. The van der Waals surface area contributed by atoms with Gasteiger partial charge in [0, 0.05) is 21.7 Å². The highest BCUT2D eigenvalue weighted by atomic mass is 35.5. The number of benzene rings is 1. The van der Waals surface area contributed by atoms with Crippen molar-refractivity contribution in [3.8, 4) is 0 Å². The molecular weight excluding hydrogens is 263 g/mol. The Morgan fingerprint density at radius 2 is 2.25 bits per heavy atom. The maximum atomic E-state index is 10.5. The normalized spacial score (nSPS) is 29.6. The molecule has 1 fully saturated rings. The Morgan fingerprint density at radius 1 is 1.50 bits per heavy atom. The second-order valence-electron chi connectivity index (χ2n) is 4.28. The van der Waals surface area contributed by atoms with Gasteiger partial charge in [-0.1, -0.05) is 36.2 Å². The predicted molar refractivity (Wildman–Crippen MR) is 71.7 cm³/mol. The van der Waals surface area contributed by atoms with Crippen LogP contribution in [0.15, 0.2) is 18.2 Å². The largest absolute Gasteiger partial charge is 0.388 e. The summed E-state index contributed by atoms with van der Waals surface area (Å²) in [5.41, 5.74) is 0.352. The molecule has 1 aliphatic heterocycles.